The van der Waals surface area contributed by atoms with Crippen LogP contribution in [0.3, 0.4) is 0 Å². The maximum absolute atomic E-state index is 13.5. The molecule has 0 bridgehead atoms. The van der Waals surface area contributed by atoms with E-state index in [4.69, 9.17) is 9.47 Å². The Morgan fingerprint density at radius 1 is 1.00 bits per heavy atom. The second kappa shape index (κ2) is 10.7. The normalized spacial score (nSPS) is 22.7. The van der Waals surface area contributed by atoms with Crippen LogP contribution in [-0.4, -0.2) is 35.2 Å². The van der Waals surface area contributed by atoms with E-state index in [0.29, 0.717) is 23.5 Å². The lowest BCUT2D eigenvalue weighted by atomic mass is 9.71. The first kappa shape index (κ1) is 26.6. The van der Waals surface area contributed by atoms with E-state index in [0.717, 1.165) is 62.5 Å². The van der Waals surface area contributed by atoms with Crippen LogP contribution in [0.25, 0.3) is 0 Å². The SMILES string of the molecule is CCCCOC(=O)c1ccc2c(c1)CCC2N(C(=O)OC(C)(C)C)C1CCC(C(C)(C)C)CC1. The van der Waals surface area contributed by atoms with Gasteiger partial charge >= 0.3 is 12.1 Å². The molecule has 3 rings (SSSR count). The molecule has 1 amide bonds. The van der Waals surface area contributed by atoms with Gasteiger partial charge in [-0.2, -0.15) is 0 Å². The van der Waals surface area contributed by atoms with Crippen LogP contribution in [-0.2, 0) is 15.9 Å². The van der Waals surface area contributed by atoms with Gasteiger partial charge in [-0.05, 0) is 100 Å². The molecular weight excluding hydrogens is 426 g/mol. The van der Waals surface area contributed by atoms with Gasteiger partial charge in [-0.3, -0.25) is 4.90 Å². The Hall–Kier alpha value is -2.04. The third-order valence-corrected chi connectivity index (χ3v) is 7.41. The van der Waals surface area contributed by atoms with Gasteiger partial charge in [0.2, 0.25) is 0 Å². The number of fused-ring (bicyclic) bond motifs is 1. The summed E-state index contributed by atoms with van der Waals surface area (Å²) < 4.78 is 11.3. The number of carbonyl (C=O) groups is 2. The van der Waals surface area contributed by atoms with Crippen molar-refractivity contribution < 1.29 is 19.1 Å². The van der Waals surface area contributed by atoms with Crippen molar-refractivity contribution in [2.24, 2.45) is 11.3 Å². The van der Waals surface area contributed by atoms with Crippen molar-refractivity contribution in [1.29, 1.82) is 0 Å². The number of unbranched alkanes of at least 4 members (excludes halogenated alkanes) is 1. The van der Waals surface area contributed by atoms with Crippen LogP contribution in [0.4, 0.5) is 4.79 Å². The highest BCUT2D eigenvalue weighted by Crippen LogP contribution is 2.44. The molecule has 0 aromatic heterocycles. The molecule has 0 radical (unpaired) electrons. The van der Waals surface area contributed by atoms with E-state index in [-0.39, 0.29) is 24.1 Å². The quantitative estimate of drug-likeness (QED) is 0.319. The molecule has 190 valence electrons. The Bertz CT molecular complexity index is 856. The topological polar surface area (TPSA) is 55.8 Å². The summed E-state index contributed by atoms with van der Waals surface area (Å²) in [6, 6.07) is 6.03. The Morgan fingerprint density at radius 3 is 2.26 bits per heavy atom. The molecule has 1 fully saturated rings. The lowest BCUT2D eigenvalue weighted by Crippen LogP contribution is -2.47. The number of ether oxygens (including phenoxy) is 2. The molecule has 0 aliphatic heterocycles. The summed E-state index contributed by atoms with van der Waals surface area (Å²) in [5.41, 5.74) is 2.65. The first-order valence-electron chi connectivity index (χ1n) is 13.2. The van der Waals surface area contributed by atoms with Crippen molar-refractivity contribution in [2.45, 2.75) is 118 Å². The molecule has 1 saturated carbocycles. The second-order valence-electron chi connectivity index (χ2n) is 12.2. The van der Waals surface area contributed by atoms with E-state index in [1.54, 1.807) is 0 Å². The zero-order valence-electron chi connectivity index (χ0n) is 22.4. The summed E-state index contributed by atoms with van der Waals surface area (Å²) in [7, 11) is 0. The fourth-order valence-electron chi connectivity index (χ4n) is 5.47. The number of aryl methyl sites for hydroxylation is 1. The average molecular weight is 472 g/mol. The van der Waals surface area contributed by atoms with Crippen LogP contribution >= 0.6 is 0 Å². The highest BCUT2D eigenvalue weighted by molar-refractivity contribution is 5.89. The number of hydrogen-bond acceptors (Lipinski definition) is 4. The third kappa shape index (κ3) is 6.55. The number of carbonyl (C=O) groups excluding carboxylic acids is 2. The van der Waals surface area contributed by atoms with E-state index in [9.17, 15) is 9.59 Å². The van der Waals surface area contributed by atoms with Crippen molar-refractivity contribution in [3.05, 3.63) is 34.9 Å². The van der Waals surface area contributed by atoms with Crippen molar-refractivity contribution in [2.75, 3.05) is 6.61 Å². The van der Waals surface area contributed by atoms with Gasteiger partial charge in [-0.1, -0.05) is 40.2 Å². The van der Waals surface area contributed by atoms with E-state index < -0.39 is 5.60 Å². The zero-order valence-corrected chi connectivity index (χ0v) is 22.4. The van der Waals surface area contributed by atoms with Gasteiger partial charge in [0.15, 0.2) is 0 Å². The minimum Gasteiger partial charge on any atom is -0.462 e. The second-order valence-corrected chi connectivity index (χ2v) is 12.2. The minimum absolute atomic E-state index is 0.00815. The monoisotopic (exact) mass is 471 g/mol. The first-order valence-corrected chi connectivity index (χ1v) is 13.2. The Balaban J connectivity index is 1.81. The summed E-state index contributed by atoms with van der Waals surface area (Å²) in [4.78, 5) is 28.0. The Morgan fingerprint density at radius 2 is 1.68 bits per heavy atom. The van der Waals surface area contributed by atoms with Gasteiger partial charge < -0.3 is 9.47 Å². The van der Waals surface area contributed by atoms with Gasteiger partial charge in [0.25, 0.3) is 0 Å². The molecule has 1 aromatic carbocycles. The molecule has 1 atom stereocenters. The summed E-state index contributed by atoms with van der Waals surface area (Å²) in [5, 5.41) is 0. The summed E-state index contributed by atoms with van der Waals surface area (Å²) in [5.74, 6) is 0.422. The zero-order chi connectivity index (χ0) is 25.1. The average Bonchev–Trinajstić information content (AvgIpc) is 3.15. The van der Waals surface area contributed by atoms with Crippen LogP contribution in [0.1, 0.15) is 121 Å². The minimum atomic E-state index is -0.536. The summed E-state index contributed by atoms with van der Waals surface area (Å²) in [6.07, 6.45) is 7.66. The molecule has 34 heavy (non-hydrogen) atoms. The van der Waals surface area contributed by atoms with Crippen LogP contribution in [0, 0.1) is 11.3 Å². The van der Waals surface area contributed by atoms with E-state index in [1.807, 2.05) is 43.9 Å². The van der Waals surface area contributed by atoms with Gasteiger partial charge in [0, 0.05) is 6.04 Å². The molecule has 1 unspecified atom stereocenters. The number of rotatable bonds is 6. The van der Waals surface area contributed by atoms with Crippen LogP contribution < -0.4 is 0 Å². The maximum atomic E-state index is 13.5. The van der Waals surface area contributed by atoms with E-state index in [2.05, 4.69) is 27.7 Å². The van der Waals surface area contributed by atoms with Crippen molar-refractivity contribution >= 4 is 12.1 Å². The van der Waals surface area contributed by atoms with E-state index >= 15 is 0 Å². The third-order valence-electron chi connectivity index (χ3n) is 7.41. The summed E-state index contributed by atoms with van der Waals surface area (Å²) in [6.45, 7) is 15.3. The van der Waals surface area contributed by atoms with Crippen molar-refractivity contribution in [3.8, 4) is 0 Å². The lowest BCUT2D eigenvalue weighted by molar-refractivity contribution is -0.00571. The molecule has 0 heterocycles. The summed E-state index contributed by atoms with van der Waals surface area (Å²) >= 11 is 0. The van der Waals surface area contributed by atoms with Crippen molar-refractivity contribution in [1.82, 2.24) is 4.90 Å². The number of hydrogen-bond donors (Lipinski definition) is 0. The number of amides is 1. The molecule has 2 aliphatic carbocycles. The predicted octanol–water partition coefficient (Wildman–Crippen LogP) is 7.47. The highest BCUT2D eigenvalue weighted by atomic mass is 16.6. The van der Waals surface area contributed by atoms with Crippen LogP contribution in [0.15, 0.2) is 18.2 Å². The molecule has 0 N–H and O–H groups in total. The predicted molar refractivity (Wildman–Crippen MR) is 136 cm³/mol. The molecule has 2 aliphatic rings. The number of esters is 1. The van der Waals surface area contributed by atoms with Crippen LogP contribution in [0.2, 0.25) is 0 Å². The van der Waals surface area contributed by atoms with Gasteiger partial charge in [0.05, 0.1) is 18.2 Å². The lowest BCUT2D eigenvalue weighted by Gasteiger charge is -2.43. The number of benzene rings is 1. The Kier molecular flexibility index (Phi) is 8.36. The van der Waals surface area contributed by atoms with Crippen LogP contribution in [0.5, 0.6) is 0 Å². The van der Waals surface area contributed by atoms with E-state index in [1.165, 1.54) is 0 Å². The van der Waals surface area contributed by atoms with Gasteiger partial charge in [-0.15, -0.1) is 0 Å². The maximum Gasteiger partial charge on any atom is 0.411 e. The van der Waals surface area contributed by atoms with Crippen molar-refractivity contribution in [3.63, 3.8) is 0 Å². The standard InChI is InChI=1S/C29H45NO4/c1-8-9-18-33-26(31)21-10-16-24-20(19-21)11-17-25(24)30(27(32)34-29(5,6)7)23-14-12-22(13-15-23)28(2,3)4/h10,16,19,22-23,25H,8-9,11-15,17-18H2,1-7H3. The molecular formula is C29H45NO4. The molecule has 5 nitrogen and oxygen atoms in total. The fourth-order valence-corrected chi connectivity index (χ4v) is 5.47. The molecule has 1 aromatic rings. The molecule has 0 spiro atoms. The fraction of sp³-hybridized carbons (Fsp3) is 0.724. The van der Waals surface area contributed by atoms with Gasteiger partial charge in [0.1, 0.15) is 5.60 Å². The Labute approximate surface area is 206 Å². The first-order chi connectivity index (χ1) is 15.9. The molecule has 5 heteroatoms. The molecule has 0 saturated heterocycles. The number of nitrogens with zero attached hydrogens (tertiary/aromatic N) is 1. The smallest absolute Gasteiger partial charge is 0.411 e. The largest absolute Gasteiger partial charge is 0.462 e. The van der Waals surface area contributed by atoms with Gasteiger partial charge in [-0.25, -0.2) is 9.59 Å². The highest BCUT2D eigenvalue weighted by Gasteiger charge is 2.41.